The molecule has 0 amide bonds. The number of esters is 1. The zero-order chi connectivity index (χ0) is 9.68. The molecule has 0 N–H and O–H groups in total. The molecular formula is C10H14O3. The number of carbonyl (C=O) groups excluding carboxylic acids is 1. The van der Waals surface area contributed by atoms with Crippen LogP contribution < -0.4 is 0 Å². The summed E-state index contributed by atoms with van der Waals surface area (Å²) in [5, 5.41) is 0. The Balaban J connectivity index is 2.44. The summed E-state index contributed by atoms with van der Waals surface area (Å²) in [6.07, 6.45) is 5.32. The van der Waals surface area contributed by atoms with Crippen molar-refractivity contribution in [1.82, 2.24) is 0 Å². The Morgan fingerprint density at radius 3 is 3.08 bits per heavy atom. The van der Waals surface area contributed by atoms with Crippen LogP contribution in [0, 0.1) is 5.92 Å². The topological polar surface area (TPSA) is 35.5 Å². The van der Waals surface area contributed by atoms with Crippen LogP contribution in [0.25, 0.3) is 0 Å². The second kappa shape index (κ2) is 4.82. The summed E-state index contributed by atoms with van der Waals surface area (Å²) in [4.78, 5) is 10.4. The quantitative estimate of drug-likeness (QED) is 0.370. The molecule has 0 aromatic carbocycles. The van der Waals surface area contributed by atoms with E-state index in [0.29, 0.717) is 13.2 Å². The Labute approximate surface area is 78.0 Å². The summed E-state index contributed by atoms with van der Waals surface area (Å²) in [5.41, 5.74) is 1.24. The Morgan fingerprint density at radius 2 is 2.46 bits per heavy atom. The fourth-order valence-electron chi connectivity index (χ4n) is 1.22. The normalized spacial score (nSPS) is 25.7. The molecule has 0 aromatic rings. The minimum absolute atomic E-state index is 0.268. The standard InChI is InChI=1S/C10H14O3/c1-3-9-6-12-7-10(9)4-5-13-8(2)11/h3-5,10H,6-7H2,1-2H3/b5-4+,9-3+. The van der Waals surface area contributed by atoms with Crippen LogP contribution in [0.5, 0.6) is 0 Å². The van der Waals surface area contributed by atoms with Crippen molar-refractivity contribution in [2.45, 2.75) is 13.8 Å². The molecule has 0 radical (unpaired) electrons. The van der Waals surface area contributed by atoms with Crippen LogP contribution in [0.4, 0.5) is 0 Å². The smallest absolute Gasteiger partial charge is 0.307 e. The minimum atomic E-state index is -0.294. The molecule has 0 aromatic heterocycles. The van der Waals surface area contributed by atoms with Crippen molar-refractivity contribution < 1.29 is 14.3 Å². The Morgan fingerprint density at radius 1 is 1.69 bits per heavy atom. The molecule has 1 heterocycles. The fourth-order valence-corrected chi connectivity index (χ4v) is 1.22. The van der Waals surface area contributed by atoms with Gasteiger partial charge in [0, 0.05) is 12.8 Å². The summed E-state index contributed by atoms with van der Waals surface area (Å²) < 4.78 is 9.95. The fraction of sp³-hybridized carbons (Fsp3) is 0.500. The van der Waals surface area contributed by atoms with Crippen molar-refractivity contribution in [3.63, 3.8) is 0 Å². The molecule has 13 heavy (non-hydrogen) atoms. The molecule has 3 nitrogen and oxygen atoms in total. The summed E-state index contributed by atoms with van der Waals surface area (Å²) in [5.74, 6) is -0.0263. The zero-order valence-electron chi connectivity index (χ0n) is 7.95. The SMILES string of the molecule is C/C=C1\COCC1/C=C/OC(C)=O. The van der Waals surface area contributed by atoms with Crippen LogP contribution in [0.3, 0.4) is 0 Å². The van der Waals surface area contributed by atoms with Crippen LogP contribution in [0.2, 0.25) is 0 Å². The molecule has 1 aliphatic heterocycles. The van der Waals surface area contributed by atoms with E-state index in [2.05, 4.69) is 0 Å². The summed E-state index contributed by atoms with van der Waals surface area (Å²) >= 11 is 0. The van der Waals surface area contributed by atoms with E-state index in [-0.39, 0.29) is 11.9 Å². The molecule has 1 fully saturated rings. The van der Waals surface area contributed by atoms with Gasteiger partial charge in [-0.25, -0.2) is 0 Å². The molecule has 0 aliphatic carbocycles. The maximum absolute atomic E-state index is 10.4. The first kappa shape index (κ1) is 9.99. The van der Waals surface area contributed by atoms with E-state index in [0.717, 1.165) is 0 Å². The third kappa shape index (κ3) is 3.03. The highest BCUT2D eigenvalue weighted by molar-refractivity contribution is 5.66. The molecule has 72 valence electrons. The molecule has 1 atom stereocenters. The molecule has 1 unspecified atom stereocenters. The van der Waals surface area contributed by atoms with Gasteiger partial charge in [0.15, 0.2) is 0 Å². The third-order valence-electron chi connectivity index (χ3n) is 1.96. The average molecular weight is 182 g/mol. The lowest BCUT2D eigenvalue weighted by molar-refractivity contribution is -0.135. The second-order valence-electron chi connectivity index (χ2n) is 2.92. The van der Waals surface area contributed by atoms with Gasteiger partial charge in [-0.3, -0.25) is 4.79 Å². The zero-order valence-corrected chi connectivity index (χ0v) is 7.95. The van der Waals surface area contributed by atoms with Crippen molar-refractivity contribution in [3.05, 3.63) is 24.0 Å². The van der Waals surface area contributed by atoms with Gasteiger partial charge in [0.2, 0.25) is 0 Å². The molecule has 0 bridgehead atoms. The van der Waals surface area contributed by atoms with E-state index in [1.54, 1.807) is 0 Å². The lowest BCUT2D eigenvalue weighted by Gasteiger charge is -2.01. The number of hydrogen-bond acceptors (Lipinski definition) is 3. The van der Waals surface area contributed by atoms with Crippen LogP contribution in [0.1, 0.15) is 13.8 Å². The maximum atomic E-state index is 10.4. The first-order valence-corrected chi connectivity index (χ1v) is 4.30. The monoisotopic (exact) mass is 182 g/mol. The van der Waals surface area contributed by atoms with Gasteiger partial charge in [0.05, 0.1) is 19.5 Å². The van der Waals surface area contributed by atoms with Gasteiger partial charge in [-0.1, -0.05) is 6.08 Å². The van der Waals surface area contributed by atoms with Crippen LogP contribution in [-0.4, -0.2) is 19.2 Å². The van der Waals surface area contributed by atoms with Crippen LogP contribution in [0.15, 0.2) is 24.0 Å². The van der Waals surface area contributed by atoms with Gasteiger partial charge in [-0.05, 0) is 18.6 Å². The number of rotatable bonds is 2. The van der Waals surface area contributed by atoms with Crippen LogP contribution >= 0.6 is 0 Å². The Kier molecular flexibility index (Phi) is 3.71. The van der Waals surface area contributed by atoms with Gasteiger partial charge < -0.3 is 9.47 Å². The number of allylic oxidation sites excluding steroid dienone is 1. The number of ether oxygens (including phenoxy) is 2. The highest BCUT2D eigenvalue weighted by Gasteiger charge is 2.17. The lowest BCUT2D eigenvalue weighted by Crippen LogP contribution is -1.98. The number of hydrogen-bond donors (Lipinski definition) is 0. The summed E-state index contributed by atoms with van der Waals surface area (Å²) in [7, 11) is 0. The largest absolute Gasteiger partial charge is 0.435 e. The van der Waals surface area contributed by atoms with E-state index >= 15 is 0 Å². The Hall–Kier alpha value is -1.09. The van der Waals surface area contributed by atoms with Crippen LogP contribution in [-0.2, 0) is 14.3 Å². The van der Waals surface area contributed by atoms with E-state index in [4.69, 9.17) is 9.47 Å². The first-order chi connectivity index (χ1) is 6.24. The van der Waals surface area contributed by atoms with Crippen molar-refractivity contribution in [2.75, 3.05) is 13.2 Å². The van der Waals surface area contributed by atoms with Crippen molar-refractivity contribution >= 4 is 5.97 Å². The maximum Gasteiger partial charge on any atom is 0.307 e. The van der Waals surface area contributed by atoms with Gasteiger partial charge in [-0.2, -0.15) is 0 Å². The number of carbonyl (C=O) groups is 1. The predicted molar refractivity (Wildman–Crippen MR) is 49.0 cm³/mol. The van der Waals surface area contributed by atoms with Crippen molar-refractivity contribution in [3.8, 4) is 0 Å². The molecule has 1 rings (SSSR count). The van der Waals surface area contributed by atoms with Gasteiger partial charge in [0.1, 0.15) is 0 Å². The predicted octanol–water partition coefficient (Wildman–Crippen LogP) is 1.66. The molecule has 0 saturated carbocycles. The van der Waals surface area contributed by atoms with Gasteiger partial charge in [-0.15, -0.1) is 0 Å². The van der Waals surface area contributed by atoms with Gasteiger partial charge >= 0.3 is 5.97 Å². The molecule has 3 heteroatoms. The molecule has 1 aliphatic rings. The third-order valence-corrected chi connectivity index (χ3v) is 1.96. The van der Waals surface area contributed by atoms with Crippen molar-refractivity contribution in [1.29, 1.82) is 0 Å². The highest BCUT2D eigenvalue weighted by atomic mass is 16.5. The van der Waals surface area contributed by atoms with E-state index in [1.807, 2.05) is 19.1 Å². The minimum Gasteiger partial charge on any atom is -0.435 e. The summed E-state index contributed by atoms with van der Waals surface area (Å²) in [6.45, 7) is 4.73. The lowest BCUT2D eigenvalue weighted by atomic mass is 10.0. The van der Waals surface area contributed by atoms with E-state index in [1.165, 1.54) is 18.8 Å². The second-order valence-corrected chi connectivity index (χ2v) is 2.92. The molecule has 0 spiro atoms. The van der Waals surface area contributed by atoms with Crippen molar-refractivity contribution in [2.24, 2.45) is 5.92 Å². The average Bonchev–Trinajstić information content (AvgIpc) is 2.51. The highest BCUT2D eigenvalue weighted by Crippen LogP contribution is 2.20. The Bertz CT molecular complexity index is 241. The molecular weight excluding hydrogens is 168 g/mol. The van der Waals surface area contributed by atoms with E-state index < -0.39 is 0 Å². The molecule has 1 saturated heterocycles. The van der Waals surface area contributed by atoms with Gasteiger partial charge in [0.25, 0.3) is 0 Å². The summed E-state index contributed by atoms with van der Waals surface area (Å²) in [6, 6.07) is 0. The van der Waals surface area contributed by atoms with E-state index in [9.17, 15) is 4.79 Å². The first-order valence-electron chi connectivity index (χ1n) is 4.30.